The normalized spacial score (nSPS) is 27.9. The molecule has 4 aliphatic carbocycles. The average Bonchev–Trinajstić information content (AvgIpc) is 3.15. The molecule has 4 bridgehead atoms. The summed E-state index contributed by atoms with van der Waals surface area (Å²) in [5.41, 5.74) is 4.16. The number of hydrogen-bond donors (Lipinski definition) is 1. The third-order valence-corrected chi connectivity index (χ3v) is 10.7. The van der Waals surface area contributed by atoms with E-state index in [0.29, 0.717) is 54.6 Å². The van der Waals surface area contributed by atoms with Gasteiger partial charge < -0.3 is 9.47 Å². The van der Waals surface area contributed by atoms with Gasteiger partial charge in [-0.15, -0.1) is 0 Å². The van der Waals surface area contributed by atoms with E-state index in [1.807, 2.05) is 43.3 Å². The first-order valence-electron chi connectivity index (χ1n) is 13.7. The molecule has 40 heavy (non-hydrogen) atoms. The molecule has 5 fully saturated rings. The second-order valence-electron chi connectivity index (χ2n) is 11.3. The number of thioether (sulfide) groups is 1. The number of benzene rings is 2. The lowest BCUT2D eigenvalue weighted by Gasteiger charge is -2.55. The van der Waals surface area contributed by atoms with Crippen molar-refractivity contribution in [3.05, 3.63) is 61.9 Å². The molecule has 1 heterocycles. The van der Waals surface area contributed by atoms with Crippen molar-refractivity contribution in [1.29, 1.82) is 0 Å². The van der Waals surface area contributed by atoms with Crippen LogP contribution in [0.2, 0.25) is 5.02 Å². The van der Waals surface area contributed by atoms with Crippen LogP contribution in [0.1, 0.15) is 56.6 Å². The lowest BCUT2D eigenvalue weighted by Crippen LogP contribution is -2.57. The fourth-order valence-electron chi connectivity index (χ4n) is 7.16. The van der Waals surface area contributed by atoms with Crippen LogP contribution in [0.25, 0.3) is 6.08 Å². The highest BCUT2D eigenvalue weighted by Crippen LogP contribution is 2.60. The Labute approximate surface area is 257 Å². The number of carbonyl (C=O) groups excluding carboxylic acids is 2. The number of rotatable bonds is 8. The third-order valence-electron chi connectivity index (χ3n) is 8.49. The second kappa shape index (κ2) is 11.3. The van der Waals surface area contributed by atoms with Gasteiger partial charge >= 0.3 is 0 Å². The van der Waals surface area contributed by atoms with Crippen LogP contribution in [0.15, 0.2) is 45.8 Å². The number of ether oxygens (including phenoxy) is 2. The molecule has 0 aromatic heterocycles. The standard InChI is InChI=1S/C30H30BrClN2O4S2/c1-2-37-24-11-17(10-22(31)26(24)38-16-21-5-3-4-6-23(21)32)12-25-27(35)34(29(39)40-25)33-28(36)30-13-18-7-19(14-30)9-20(8-18)15-30/h3-6,10-12,18-20H,2,7-9,13-16H2,1H3,(H,33,36)/b25-12+. The molecule has 210 valence electrons. The Hall–Kier alpha value is -2.07. The van der Waals surface area contributed by atoms with E-state index in [1.54, 1.807) is 6.08 Å². The minimum Gasteiger partial charge on any atom is -0.490 e. The summed E-state index contributed by atoms with van der Waals surface area (Å²) in [7, 11) is 0. The number of nitrogens with one attached hydrogen (secondary N) is 1. The first kappa shape index (κ1) is 28.1. The van der Waals surface area contributed by atoms with Crippen molar-refractivity contribution in [3.8, 4) is 11.5 Å². The Balaban J connectivity index is 1.18. The van der Waals surface area contributed by atoms with E-state index < -0.39 is 0 Å². The molecule has 5 aliphatic rings. The average molecular weight is 662 g/mol. The quantitative estimate of drug-likeness (QED) is 0.233. The van der Waals surface area contributed by atoms with Gasteiger partial charge in [0.15, 0.2) is 15.8 Å². The summed E-state index contributed by atoms with van der Waals surface area (Å²) in [6, 6.07) is 11.2. The van der Waals surface area contributed by atoms with Gasteiger partial charge in [0.1, 0.15) is 6.61 Å². The predicted molar refractivity (Wildman–Crippen MR) is 165 cm³/mol. The van der Waals surface area contributed by atoms with Crippen LogP contribution in [0, 0.1) is 23.2 Å². The summed E-state index contributed by atoms with van der Waals surface area (Å²) >= 11 is 16.6. The Morgan fingerprint density at radius 2 is 1.85 bits per heavy atom. The Morgan fingerprint density at radius 3 is 2.50 bits per heavy atom. The number of hydrazine groups is 1. The van der Waals surface area contributed by atoms with Gasteiger partial charge in [-0.3, -0.25) is 15.0 Å². The molecule has 7 rings (SSSR count). The molecule has 1 N–H and O–H groups in total. The maximum atomic E-state index is 13.6. The summed E-state index contributed by atoms with van der Waals surface area (Å²) in [6.45, 7) is 2.62. The van der Waals surface area contributed by atoms with Crippen molar-refractivity contribution in [2.24, 2.45) is 23.2 Å². The van der Waals surface area contributed by atoms with Crippen LogP contribution in [0.4, 0.5) is 0 Å². The van der Waals surface area contributed by atoms with Crippen LogP contribution < -0.4 is 14.9 Å². The fraction of sp³-hybridized carbons (Fsp3) is 0.433. The summed E-state index contributed by atoms with van der Waals surface area (Å²) in [5, 5.41) is 1.89. The minimum atomic E-state index is -0.362. The van der Waals surface area contributed by atoms with Crippen molar-refractivity contribution in [3.63, 3.8) is 0 Å². The maximum Gasteiger partial charge on any atom is 0.285 e. The van der Waals surface area contributed by atoms with Gasteiger partial charge in [-0.1, -0.05) is 41.6 Å². The largest absolute Gasteiger partial charge is 0.490 e. The Bertz CT molecular complexity index is 1380. The van der Waals surface area contributed by atoms with E-state index in [4.69, 9.17) is 33.3 Å². The van der Waals surface area contributed by atoms with Crippen LogP contribution in [0.5, 0.6) is 11.5 Å². The molecule has 2 amide bonds. The number of nitrogens with zero attached hydrogens (tertiary/aromatic N) is 1. The van der Waals surface area contributed by atoms with Gasteiger partial charge in [0, 0.05) is 10.6 Å². The van der Waals surface area contributed by atoms with Crippen molar-refractivity contribution in [1.82, 2.24) is 10.4 Å². The maximum absolute atomic E-state index is 13.6. The zero-order valence-electron chi connectivity index (χ0n) is 22.1. The number of amides is 2. The SMILES string of the molecule is CCOc1cc(/C=C2/SC(=S)N(NC(=O)C34CC5CC(CC(C5)C3)C4)C2=O)cc(Br)c1OCc1ccccc1Cl. The minimum absolute atomic E-state index is 0.0504. The van der Waals surface area contributed by atoms with E-state index in [9.17, 15) is 9.59 Å². The first-order valence-corrected chi connectivity index (χ1v) is 16.1. The summed E-state index contributed by atoms with van der Waals surface area (Å²) < 4.78 is 13.0. The molecule has 2 aromatic carbocycles. The van der Waals surface area contributed by atoms with Gasteiger partial charge in [-0.25, -0.2) is 0 Å². The lowest BCUT2D eigenvalue weighted by atomic mass is 9.49. The Morgan fingerprint density at radius 1 is 1.18 bits per heavy atom. The zero-order chi connectivity index (χ0) is 28.0. The molecule has 1 saturated heterocycles. The van der Waals surface area contributed by atoms with Crippen LogP contribution >= 0.6 is 51.5 Å². The molecule has 6 nitrogen and oxygen atoms in total. The number of carbonyl (C=O) groups is 2. The molecule has 0 radical (unpaired) electrons. The first-order chi connectivity index (χ1) is 19.2. The molecular formula is C30H30BrClN2O4S2. The Kier molecular flexibility index (Phi) is 7.94. The van der Waals surface area contributed by atoms with E-state index in [0.717, 1.165) is 30.4 Å². The van der Waals surface area contributed by atoms with E-state index >= 15 is 0 Å². The van der Waals surface area contributed by atoms with Gasteiger partial charge in [0.2, 0.25) is 5.91 Å². The predicted octanol–water partition coefficient (Wildman–Crippen LogP) is 7.53. The molecule has 0 unspecified atom stereocenters. The summed E-state index contributed by atoms with van der Waals surface area (Å²) in [4.78, 5) is 27.4. The van der Waals surface area contributed by atoms with Crippen molar-refractivity contribution in [2.75, 3.05) is 6.61 Å². The highest BCUT2D eigenvalue weighted by molar-refractivity contribution is 9.10. The molecule has 4 saturated carbocycles. The zero-order valence-corrected chi connectivity index (χ0v) is 26.1. The number of hydrogen-bond acceptors (Lipinski definition) is 6. The fourth-order valence-corrected chi connectivity index (χ4v) is 9.11. The molecule has 0 atom stereocenters. The summed E-state index contributed by atoms with van der Waals surface area (Å²) in [6.07, 6.45) is 8.29. The van der Waals surface area contributed by atoms with Gasteiger partial charge in [0.05, 0.1) is 21.4 Å². The van der Waals surface area contributed by atoms with Crippen LogP contribution in [0.3, 0.4) is 0 Å². The molecule has 1 aliphatic heterocycles. The number of halogens is 2. The highest BCUT2D eigenvalue weighted by Gasteiger charge is 2.55. The molecule has 2 aromatic rings. The van der Waals surface area contributed by atoms with Gasteiger partial charge in [0.25, 0.3) is 5.91 Å². The van der Waals surface area contributed by atoms with Crippen molar-refractivity contribution >= 4 is 73.7 Å². The van der Waals surface area contributed by atoms with E-state index in [1.165, 1.54) is 36.0 Å². The van der Waals surface area contributed by atoms with Crippen LogP contribution in [-0.4, -0.2) is 27.8 Å². The van der Waals surface area contributed by atoms with Gasteiger partial charge in [-0.05, 0) is 121 Å². The molecule has 0 spiro atoms. The monoisotopic (exact) mass is 660 g/mol. The molecule has 10 heteroatoms. The molecular weight excluding hydrogens is 632 g/mol. The van der Waals surface area contributed by atoms with Crippen molar-refractivity contribution in [2.45, 2.75) is 52.1 Å². The van der Waals surface area contributed by atoms with Crippen molar-refractivity contribution < 1.29 is 19.1 Å². The smallest absolute Gasteiger partial charge is 0.285 e. The van der Waals surface area contributed by atoms with E-state index in [2.05, 4.69) is 21.4 Å². The lowest BCUT2D eigenvalue weighted by molar-refractivity contribution is -0.152. The van der Waals surface area contributed by atoms with E-state index in [-0.39, 0.29) is 23.8 Å². The summed E-state index contributed by atoms with van der Waals surface area (Å²) in [5.74, 6) is 2.63. The highest BCUT2D eigenvalue weighted by atomic mass is 79.9. The topological polar surface area (TPSA) is 67.9 Å². The van der Waals surface area contributed by atoms with Crippen LogP contribution in [-0.2, 0) is 16.2 Å². The third kappa shape index (κ3) is 5.42. The number of thiocarbonyl (C=S) groups is 1. The second-order valence-corrected chi connectivity index (χ2v) is 14.2. The van der Waals surface area contributed by atoms with Gasteiger partial charge in [-0.2, -0.15) is 5.01 Å².